The third kappa shape index (κ3) is 3.30. The second kappa shape index (κ2) is 5.43. The van der Waals surface area contributed by atoms with Crippen molar-refractivity contribution in [1.82, 2.24) is 4.72 Å². The summed E-state index contributed by atoms with van der Waals surface area (Å²) in [6.45, 7) is 3.48. The lowest BCUT2D eigenvalue weighted by molar-refractivity contribution is 0.216. The molecule has 0 bridgehead atoms. The van der Waals surface area contributed by atoms with Crippen LogP contribution in [0.5, 0.6) is 0 Å². The molecule has 0 aliphatic heterocycles. The SMILES string of the molecule is CC(CO)C(C)NS(=O)(=O)c1ccccc1. The summed E-state index contributed by atoms with van der Waals surface area (Å²) in [5, 5.41) is 8.94. The predicted octanol–water partition coefficient (Wildman–Crippen LogP) is 0.982. The van der Waals surface area contributed by atoms with Gasteiger partial charge in [0.05, 0.1) is 4.90 Å². The number of aliphatic hydroxyl groups is 1. The quantitative estimate of drug-likeness (QED) is 0.810. The molecular formula is C11H17NO3S. The fraction of sp³-hybridized carbons (Fsp3) is 0.455. The highest BCUT2D eigenvalue weighted by molar-refractivity contribution is 7.89. The zero-order chi connectivity index (χ0) is 12.2. The van der Waals surface area contributed by atoms with Gasteiger partial charge < -0.3 is 5.11 Å². The summed E-state index contributed by atoms with van der Waals surface area (Å²) >= 11 is 0. The lowest BCUT2D eigenvalue weighted by atomic mass is 10.1. The normalized spacial score (nSPS) is 15.7. The van der Waals surface area contributed by atoms with Gasteiger partial charge in [-0.15, -0.1) is 0 Å². The monoisotopic (exact) mass is 243 g/mol. The van der Waals surface area contributed by atoms with Crippen LogP contribution < -0.4 is 4.72 Å². The maximum Gasteiger partial charge on any atom is 0.240 e. The van der Waals surface area contributed by atoms with E-state index in [9.17, 15) is 8.42 Å². The van der Waals surface area contributed by atoms with Crippen molar-refractivity contribution in [3.8, 4) is 0 Å². The number of nitrogens with one attached hydrogen (secondary N) is 1. The van der Waals surface area contributed by atoms with Crippen LogP contribution in [-0.2, 0) is 10.0 Å². The summed E-state index contributed by atoms with van der Waals surface area (Å²) in [6, 6.07) is 7.90. The minimum Gasteiger partial charge on any atom is -0.396 e. The third-order valence-electron chi connectivity index (χ3n) is 2.54. The first-order valence-corrected chi connectivity index (χ1v) is 6.64. The summed E-state index contributed by atoms with van der Waals surface area (Å²) in [5.74, 6) is -0.113. The minimum atomic E-state index is -3.48. The molecule has 5 heteroatoms. The molecule has 90 valence electrons. The van der Waals surface area contributed by atoms with Crippen LogP contribution in [0.3, 0.4) is 0 Å². The molecule has 2 unspecified atom stereocenters. The molecule has 0 aliphatic rings. The van der Waals surface area contributed by atoms with E-state index in [1.54, 1.807) is 44.2 Å². The van der Waals surface area contributed by atoms with Crippen molar-refractivity contribution in [3.05, 3.63) is 30.3 Å². The second-order valence-electron chi connectivity index (χ2n) is 3.88. The van der Waals surface area contributed by atoms with Crippen LogP contribution in [0.2, 0.25) is 0 Å². The topological polar surface area (TPSA) is 66.4 Å². The molecule has 0 saturated carbocycles. The molecule has 1 aromatic carbocycles. The lowest BCUT2D eigenvalue weighted by Gasteiger charge is -2.19. The largest absolute Gasteiger partial charge is 0.396 e. The van der Waals surface area contributed by atoms with Crippen LogP contribution in [0.1, 0.15) is 13.8 Å². The molecule has 1 aromatic rings. The average molecular weight is 243 g/mol. The number of hydrogen-bond donors (Lipinski definition) is 2. The number of rotatable bonds is 5. The molecule has 0 heterocycles. The summed E-state index contributed by atoms with van der Waals surface area (Å²) in [6.07, 6.45) is 0. The Morgan fingerprint density at radius 1 is 1.25 bits per heavy atom. The van der Waals surface area contributed by atoms with E-state index < -0.39 is 10.0 Å². The molecule has 0 radical (unpaired) electrons. The smallest absolute Gasteiger partial charge is 0.240 e. The fourth-order valence-electron chi connectivity index (χ4n) is 1.19. The molecule has 0 spiro atoms. The fourth-order valence-corrected chi connectivity index (χ4v) is 2.56. The number of benzene rings is 1. The molecule has 2 N–H and O–H groups in total. The highest BCUT2D eigenvalue weighted by Crippen LogP contribution is 2.10. The maximum absolute atomic E-state index is 11.9. The van der Waals surface area contributed by atoms with E-state index in [2.05, 4.69) is 4.72 Å². The summed E-state index contributed by atoms with van der Waals surface area (Å²) in [7, 11) is -3.48. The van der Waals surface area contributed by atoms with Crippen molar-refractivity contribution < 1.29 is 13.5 Å². The molecule has 0 aromatic heterocycles. The predicted molar refractivity (Wildman–Crippen MR) is 62.5 cm³/mol. The molecule has 2 atom stereocenters. The molecule has 0 fully saturated rings. The zero-order valence-corrected chi connectivity index (χ0v) is 10.2. The maximum atomic E-state index is 11.9. The van der Waals surface area contributed by atoms with Gasteiger partial charge in [-0.05, 0) is 25.0 Å². The number of aliphatic hydroxyl groups excluding tert-OH is 1. The van der Waals surface area contributed by atoms with Gasteiger partial charge >= 0.3 is 0 Å². The Morgan fingerprint density at radius 2 is 1.81 bits per heavy atom. The minimum absolute atomic E-state index is 0.0432. The van der Waals surface area contributed by atoms with E-state index in [4.69, 9.17) is 5.11 Å². The van der Waals surface area contributed by atoms with Crippen molar-refractivity contribution in [2.75, 3.05) is 6.61 Å². The standard InChI is InChI=1S/C11H17NO3S/c1-9(8-13)10(2)12-16(14,15)11-6-4-3-5-7-11/h3-7,9-10,12-13H,8H2,1-2H3. The van der Waals surface area contributed by atoms with E-state index in [-0.39, 0.29) is 23.5 Å². The molecule has 4 nitrogen and oxygen atoms in total. The van der Waals surface area contributed by atoms with Gasteiger partial charge in [-0.2, -0.15) is 0 Å². The van der Waals surface area contributed by atoms with E-state index in [1.165, 1.54) is 0 Å². The lowest BCUT2D eigenvalue weighted by Crippen LogP contribution is -2.38. The Bertz CT molecular complexity index is 416. The van der Waals surface area contributed by atoms with E-state index >= 15 is 0 Å². The molecule has 1 rings (SSSR count). The number of hydrogen-bond acceptors (Lipinski definition) is 3. The highest BCUT2D eigenvalue weighted by Gasteiger charge is 2.20. The van der Waals surface area contributed by atoms with Crippen molar-refractivity contribution >= 4 is 10.0 Å². The van der Waals surface area contributed by atoms with Crippen molar-refractivity contribution in [2.45, 2.75) is 24.8 Å². The number of sulfonamides is 1. The van der Waals surface area contributed by atoms with Gasteiger partial charge in [0, 0.05) is 12.6 Å². The van der Waals surface area contributed by atoms with Crippen LogP contribution in [0.4, 0.5) is 0 Å². The van der Waals surface area contributed by atoms with Gasteiger partial charge in [0.15, 0.2) is 0 Å². The second-order valence-corrected chi connectivity index (χ2v) is 5.60. The first kappa shape index (κ1) is 13.2. The zero-order valence-electron chi connectivity index (χ0n) is 9.42. The highest BCUT2D eigenvalue weighted by atomic mass is 32.2. The Morgan fingerprint density at radius 3 is 2.31 bits per heavy atom. The summed E-state index contributed by atoms with van der Waals surface area (Å²) in [5.41, 5.74) is 0. The van der Waals surface area contributed by atoms with Crippen molar-refractivity contribution in [1.29, 1.82) is 0 Å². The molecule has 0 aliphatic carbocycles. The van der Waals surface area contributed by atoms with Crippen LogP contribution >= 0.6 is 0 Å². The van der Waals surface area contributed by atoms with Crippen LogP contribution in [0.15, 0.2) is 35.2 Å². The molecule has 0 saturated heterocycles. The van der Waals surface area contributed by atoms with Gasteiger partial charge in [-0.25, -0.2) is 13.1 Å². The van der Waals surface area contributed by atoms with Gasteiger partial charge in [0.1, 0.15) is 0 Å². The van der Waals surface area contributed by atoms with Gasteiger partial charge in [0.2, 0.25) is 10.0 Å². The Hall–Kier alpha value is -0.910. The van der Waals surface area contributed by atoms with Crippen LogP contribution in [0, 0.1) is 5.92 Å². The average Bonchev–Trinajstić information content (AvgIpc) is 2.28. The van der Waals surface area contributed by atoms with E-state index in [0.29, 0.717) is 0 Å². The van der Waals surface area contributed by atoms with Crippen molar-refractivity contribution in [2.24, 2.45) is 5.92 Å². The first-order valence-electron chi connectivity index (χ1n) is 5.15. The van der Waals surface area contributed by atoms with Gasteiger partial charge in [-0.1, -0.05) is 25.1 Å². The Balaban J connectivity index is 2.81. The van der Waals surface area contributed by atoms with Gasteiger partial charge in [0.25, 0.3) is 0 Å². The summed E-state index contributed by atoms with van der Waals surface area (Å²) < 4.78 is 26.3. The first-order chi connectivity index (χ1) is 7.47. The molecular weight excluding hydrogens is 226 g/mol. The Kier molecular flexibility index (Phi) is 4.46. The van der Waals surface area contributed by atoms with Gasteiger partial charge in [-0.3, -0.25) is 0 Å². The third-order valence-corrected chi connectivity index (χ3v) is 4.11. The molecule has 16 heavy (non-hydrogen) atoms. The van der Waals surface area contributed by atoms with E-state index in [1.807, 2.05) is 0 Å². The summed E-state index contributed by atoms with van der Waals surface area (Å²) in [4.78, 5) is 0.243. The Labute approximate surface area is 96.4 Å². The molecule has 0 amide bonds. The van der Waals surface area contributed by atoms with Crippen LogP contribution in [0.25, 0.3) is 0 Å². The van der Waals surface area contributed by atoms with Crippen molar-refractivity contribution in [3.63, 3.8) is 0 Å². The van der Waals surface area contributed by atoms with E-state index in [0.717, 1.165) is 0 Å². The van der Waals surface area contributed by atoms with Crippen LogP contribution in [-0.4, -0.2) is 26.2 Å².